The van der Waals surface area contributed by atoms with Crippen LogP contribution in [0.3, 0.4) is 0 Å². The number of aryl methyl sites for hydroxylation is 1. The Labute approximate surface area is 196 Å². The molecular formula is C21H20BrN5O2S2. The average Bonchev–Trinajstić information content (AvgIpc) is 3.33. The maximum Gasteiger partial charge on any atom is 0.235 e. The lowest BCUT2D eigenvalue weighted by molar-refractivity contribution is -0.113. The van der Waals surface area contributed by atoms with Gasteiger partial charge in [-0.05, 0) is 56.4 Å². The van der Waals surface area contributed by atoms with Crippen molar-refractivity contribution in [3.05, 3.63) is 38.7 Å². The van der Waals surface area contributed by atoms with Crippen molar-refractivity contribution in [1.29, 1.82) is 5.26 Å². The summed E-state index contributed by atoms with van der Waals surface area (Å²) < 4.78 is 2.69. The van der Waals surface area contributed by atoms with Crippen molar-refractivity contribution in [3.8, 4) is 23.2 Å². The van der Waals surface area contributed by atoms with Gasteiger partial charge in [0.2, 0.25) is 5.91 Å². The molecule has 1 aliphatic rings. The minimum atomic E-state index is -0.183. The Kier molecular flexibility index (Phi) is 6.65. The van der Waals surface area contributed by atoms with Gasteiger partial charge in [0.15, 0.2) is 11.0 Å². The van der Waals surface area contributed by atoms with E-state index in [9.17, 15) is 15.2 Å². The van der Waals surface area contributed by atoms with E-state index in [-0.39, 0.29) is 17.4 Å². The molecule has 0 bridgehead atoms. The van der Waals surface area contributed by atoms with Crippen LogP contribution in [0.15, 0.2) is 27.8 Å². The number of aromatic nitrogens is 3. The second kappa shape index (κ2) is 9.42. The van der Waals surface area contributed by atoms with E-state index in [4.69, 9.17) is 0 Å². The second-order valence-electron chi connectivity index (χ2n) is 7.08. The Morgan fingerprint density at radius 3 is 2.97 bits per heavy atom. The zero-order valence-corrected chi connectivity index (χ0v) is 20.0. The van der Waals surface area contributed by atoms with Crippen molar-refractivity contribution < 1.29 is 9.90 Å². The Balaban J connectivity index is 1.48. The summed E-state index contributed by atoms with van der Waals surface area (Å²) >= 11 is 6.21. The largest absolute Gasteiger partial charge is 0.507 e. The normalized spacial score (nSPS) is 12.9. The number of thiophene rings is 1. The minimum Gasteiger partial charge on any atom is -0.507 e. The van der Waals surface area contributed by atoms with E-state index in [1.807, 2.05) is 11.5 Å². The van der Waals surface area contributed by atoms with E-state index in [1.54, 1.807) is 18.2 Å². The monoisotopic (exact) mass is 517 g/mol. The summed E-state index contributed by atoms with van der Waals surface area (Å²) in [7, 11) is 0. The van der Waals surface area contributed by atoms with E-state index in [0.717, 1.165) is 35.7 Å². The van der Waals surface area contributed by atoms with E-state index in [2.05, 4.69) is 37.5 Å². The predicted molar refractivity (Wildman–Crippen MR) is 126 cm³/mol. The van der Waals surface area contributed by atoms with Crippen LogP contribution in [0.5, 0.6) is 5.75 Å². The van der Waals surface area contributed by atoms with Gasteiger partial charge in [-0.2, -0.15) is 5.26 Å². The number of nitriles is 1. The van der Waals surface area contributed by atoms with Crippen molar-refractivity contribution in [1.82, 2.24) is 14.8 Å². The van der Waals surface area contributed by atoms with Gasteiger partial charge in [0.25, 0.3) is 0 Å². The van der Waals surface area contributed by atoms with Crippen LogP contribution in [-0.4, -0.2) is 31.5 Å². The molecule has 3 aromatic rings. The molecule has 0 radical (unpaired) electrons. The first-order chi connectivity index (χ1) is 15.0. The molecule has 0 atom stereocenters. The Morgan fingerprint density at radius 1 is 1.39 bits per heavy atom. The van der Waals surface area contributed by atoms with Crippen LogP contribution in [0.4, 0.5) is 5.00 Å². The number of fused-ring (bicyclic) bond motifs is 1. The van der Waals surface area contributed by atoms with Crippen LogP contribution in [0, 0.1) is 11.3 Å². The van der Waals surface area contributed by atoms with Crippen molar-refractivity contribution in [2.75, 3.05) is 11.1 Å². The number of carbonyl (C=O) groups is 1. The van der Waals surface area contributed by atoms with Gasteiger partial charge in [-0.3, -0.25) is 4.79 Å². The number of phenols is 1. The van der Waals surface area contributed by atoms with E-state index < -0.39 is 0 Å². The number of nitrogens with one attached hydrogen (secondary N) is 1. The molecule has 2 N–H and O–H groups in total. The summed E-state index contributed by atoms with van der Waals surface area (Å²) in [5, 5.41) is 32.4. The first-order valence-electron chi connectivity index (χ1n) is 9.91. The van der Waals surface area contributed by atoms with Crippen LogP contribution in [0.2, 0.25) is 0 Å². The molecule has 0 unspecified atom stereocenters. The molecule has 1 aromatic carbocycles. The number of benzene rings is 1. The van der Waals surface area contributed by atoms with Crippen molar-refractivity contribution in [2.24, 2.45) is 0 Å². The van der Waals surface area contributed by atoms with E-state index in [0.29, 0.717) is 33.7 Å². The average molecular weight is 518 g/mol. The van der Waals surface area contributed by atoms with Crippen molar-refractivity contribution in [3.63, 3.8) is 0 Å². The van der Waals surface area contributed by atoms with Gasteiger partial charge < -0.3 is 15.0 Å². The molecule has 0 fully saturated rings. The number of hydrogen-bond acceptors (Lipinski definition) is 7. The third-order valence-electron chi connectivity index (χ3n) is 5.10. The van der Waals surface area contributed by atoms with E-state index in [1.165, 1.54) is 28.0 Å². The fourth-order valence-electron chi connectivity index (χ4n) is 3.63. The first kappa shape index (κ1) is 21.9. The topological polar surface area (TPSA) is 104 Å². The molecule has 0 saturated heterocycles. The number of phenolic OH excluding ortho intramolecular Hbond substituents is 1. The quantitative estimate of drug-likeness (QED) is 0.447. The number of thioether (sulfide) groups is 1. The number of nitrogens with zero attached hydrogens (tertiary/aromatic N) is 4. The molecule has 7 nitrogen and oxygen atoms in total. The minimum absolute atomic E-state index is 0.116. The van der Waals surface area contributed by atoms with Gasteiger partial charge in [0.1, 0.15) is 16.8 Å². The van der Waals surface area contributed by atoms with Crippen LogP contribution >= 0.6 is 39.0 Å². The number of halogens is 1. The number of carbonyl (C=O) groups excluding carboxylic acids is 1. The summed E-state index contributed by atoms with van der Waals surface area (Å²) in [6.07, 6.45) is 4.10. The lowest BCUT2D eigenvalue weighted by Crippen LogP contribution is -2.14. The standard InChI is InChI=1S/C21H20BrN5O2S2/c1-2-27-19(14-9-12(22)7-8-16(14)28)25-26-21(27)30-11-18(29)24-20-15(10-23)13-5-3-4-6-17(13)31-20/h7-9,28H,2-6,11H2,1H3,(H,24,29). The summed E-state index contributed by atoms with van der Waals surface area (Å²) in [5.74, 6) is 0.626. The number of hydrogen-bond donors (Lipinski definition) is 2. The van der Waals surface area contributed by atoms with Gasteiger partial charge in [-0.15, -0.1) is 21.5 Å². The summed E-state index contributed by atoms with van der Waals surface area (Å²) in [6, 6.07) is 7.41. The predicted octanol–water partition coefficient (Wildman–Crippen LogP) is 4.98. The lowest BCUT2D eigenvalue weighted by Gasteiger charge is -2.09. The van der Waals surface area contributed by atoms with Crippen LogP contribution in [0.25, 0.3) is 11.4 Å². The molecule has 0 saturated carbocycles. The van der Waals surface area contributed by atoms with Gasteiger partial charge in [-0.1, -0.05) is 27.7 Å². The SMILES string of the molecule is CCn1c(SCC(=O)Nc2sc3c(c2C#N)CCCC3)nnc1-c1cc(Br)ccc1O. The molecule has 0 spiro atoms. The fourth-order valence-corrected chi connectivity index (χ4v) is 6.05. The van der Waals surface area contributed by atoms with Gasteiger partial charge in [-0.25, -0.2) is 0 Å². The maximum absolute atomic E-state index is 12.6. The number of anilines is 1. The molecule has 2 heterocycles. The molecule has 0 aliphatic heterocycles. The Bertz CT molecular complexity index is 1180. The number of rotatable bonds is 6. The van der Waals surface area contributed by atoms with E-state index >= 15 is 0 Å². The van der Waals surface area contributed by atoms with Crippen molar-refractivity contribution in [2.45, 2.75) is 44.3 Å². The zero-order valence-electron chi connectivity index (χ0n) is 16.8. The summed E-state index contributed by atoms with van der Waals surface area (Å²) in [6.45, 7) is 2.55. The third kappa shape index (κ3) is 4.49. The van der Waals surface area contributed by atoms with Crippen LogP contribution < -0.4 is 5.32 Å². The van der Waals surface area contributed by atoms with Gasteiger partial charge >= 0.3 is 0 Å². The smallest absolute Gasteiger partial charge is 0.235 e. The third-order valence-corrected chi connectivity index (χ3v) is 7.77. The lowest BCUT2D eigenvalue weighted by atomic mass is 9.96. The summed E-state index contributed by atoms with van der Waals surface area (Å²) in [4.78, 5) is 13.8. The Morgan fingerprint density at radius 2 is 2.19 bits per heavy atom. The highest BCUT2D eigenvalue weighted by Gasteiger charge is 2.22. The fraction of sp³-hybridized carbons (Fsp3) is 0.333. The van der Waals surface area contributed by atoms with Gasteiger partial charge in [0, 0.05) is 15.9 Å². The highest BCUT2D eigenvalue weighted by Crippen LogP contribution is 2.38. The molecule has 160 valence electrons. The highest BCUT2D eigenvalue weighted by atomic mass is 79.9. The number of amides is 1. The summed E-state index contributed by atoms with van der Waals surface area (Å²) in [5.41, 5.74) is 2.29. The maximum atomic E-state index is 12.6. The molecule has 1 aliphatic carbocycles. The number of aromatic hydroxyl groups is 1. The molecule has 1 amide bonds. The molecule has 31 heavy (non-hydrogen) atoms. The molecule has 4 rings (SSSR count). The first-order valence-corrected chi connectivity index (χ1v) is 12.5. The van der Waals surface area contributed by atoms with Crippen LogP contribution in [-0.2, 0) is 24.2 Å². The molecular weight excluding hydrogens is 498 g/mol. The Hall–Kier alpha value is -2.35. The van der Waals surface area contributed by atoms with Gasteiger partial charge in [0.05, 0.1) is 16.9 Å². The van der Waals surface area contributed by atoms with Crippen molar-refractivity contribution >= 4 is 49.9 Å². The molecule has 2 aromatic heterocycles. The zero-order chi connectivity index (χ0) is 22.0. The second-order valence-corrected chi connectivity index (χ2v) is 10.0. The van der Waals surface area contributed by atoms with Crippen LogP contribution in [0.1, 0.15) is 35.8 Å². The molecule has 10 heteroatoms. The highest BCUT2D eigenvalue weighted by molar-refractivity contribution is 9.10.